The van der Waals surface area contributed by atoms with Crippen LogP contribution in [0.5, 0.6) is 0 Å². The van der Waals surface area contributed by atoms with Gasteiger partial charge in [0.2, 0.25) is 0 Å². The van der Waals surface area contributed by atoms with E-state index in [0.29, 0.717) is 0 Å². The van der Waals surface area contributed by atoms with Gasteiger partial charge in [-0.05, 0) is 0 Å². The minimum absolute atomic E-state index is 0.196. The predicted octanol–water partition coefficient (Wildman–Crippen LogP) is 0.573. The second-order valence-corrected chi connectivity index (χ2v) is 1.54. The first-order chi connectivity index (χ1) is 4.72. The standard InChI is InChI=1S/C4H6O2.CH3O2P/c1-3-4(5)6-2;2-1-4-3/h3H,1H2,2H3;2H,1H2. The summed E-state index contributed by atoms with van der Waals surface area (Å²) in [6, 6.07) is 0. The number of aliphatic hydroxyl groups excluding tert-OH is 1. The van der Waals surface area contributed by atoms with Crippen LogP contribution in [0.15, 0.2) is 12.7 Å². The van der Waals surface area contributed by atoms with E-state index in [1.54, 1.807) is 0 Å². The smallest absolute Gasteiger partial charge is 0.329 e. The summed E-state index contributed by atoms with van der Waals surface area (Å²) >= 11 is 0. The lowest BCUT2D eigenvalue weighted by Gasteiger charge is -1.83. The van der Waals surface area contributed by atoms with E-state index in [1.165, 1.54) is 7.11 Å². The quantitative estimate of drug-likeness (QED) is 0.368. The van der Waals surface area contributed by atoms with Crippen LogP contribution in [0.3, 0.4) is 0 Å². The van der Waals surface area contributed by atoms with Crippen LogP contribution >= 0.6 is 8.46 Å². The van der Waals surface area contributed by atoms with Crippen molar-refractivity contribution in [3.05, 3.63) is 12.7 Å². The van der Waals surface area contributed by atoms with Crippen molar-refractivity contribution in [2.75, 3.05) is 13.5 Å². The summed E-state index contributed by atoms with van der Waals surface area (Å²) < 4.78 is 13.2. The Morgan fingerprint density at radius 3 is 2.30 bits per heavy atom. The summed E-state index contributed by atoms with van der Waals surface area (Å²) in [5.41, 5.74) is 0. The Hall–Kier alpha value is -0.730. The summed E-state index contributed by atoms with van der Waals surface area (Å²) in [5, 5.41) is 7.55. The molecule has 0 aliphatic heterocycles. The first kappa shape index (κ1) is 12.0. The lowest BCUT2D eigenvalue weighted by atomic mass is 10.7. The molecule has 0 aromatic heterocycles. The van der Waals surface area contributed by atoms with Crippen LogP contribution in [0.4, 0.5) is 0 Å². The van der Waals surface area contributed by atoms with Crippen molar-refractivity contribution in [1.82, 2.24) is 0 Å². The third-order valence-corrected chi connectivity index (χ3v) is 0.541. The van der Waals surface area contributed by atoms with E-state index in [9.17, 15) is 4.79 Å². The molecule has 0 spiro atoms. The van der Waals surface area contributed by atoms with E-state index < -0.39 is 5.97 Å². The van der Waals surface area contributed by atoms with Crippen molar-refractivity contribution in [3.8, 4) is 0 Å². The Labute approximate surface area is 60.7 Å². The van der Waals surface area contributed by atoms with Crippen LogP contribution in [0.2, 0.25) is 0 Å². The summed E-state index contributed by atoms with van der Waals surface area (Å²) in [6.07, 6.45) is 0.847. The van der Waals surface area contributed by atoms with Crippen molar-refractivity contribution in [2.45, 2.75) is 0 Å². The van der Waals surface area contributed by atoms with Crippen molar-refractivity contribution >= 4 is 14.4 Å². The molecule has 5 heteroatoms. The molecular formula is C5H9O4P. The molecule has 0 fully saturated rings. The van der Waals surface area contributed by atoms with Gasteiger partial charge in [0.15, 0.2) is 8.46 Å². The highest BCUT2D eigenvalue weighted by Gasteiger charge is 1.81. The fourth-order valence-corrected chi connectivity index (χ4v) is 0.0833. The fourth-order valence-electron chi connectivity index (χ4n) is 0.0833. The van der Waals surface area contributed by atoms with E-state index in [4.69, 9.17) is 9.67 Å². The first-order valence-corrected chi connectivity index (χ1v) is 3.33. The number of carbonyl (C=O) groups excluding carboxylic acids is 1. The van der Waals surface area contributed by atoms with Crippen LogP contribution in [0, 0.1) is 0 Å². The Morgan fingerprint density at radius 1 is 1.90 bits per heavy atom. The normalized spacial score (nSPS) is 7.40. The van der Waals surface area contributed by atoms with Gasteiger partial charge in [-0.2, -0.15) is 0 Å². The highest BCUT2D eigenvalue weighted by atomic mass is 31.1. The third-order valence-electron chi connectivity index (χ3n) is 0.426. The zero-order valence-corrected chi connectivity index (χ0v) is 6.51. The second kappa shape index (κ2) is 11.1. The summed E-state index contributed by atoms with van der Waals surface area (Å²) in [4.78, 5) is 9.84. The van der Waals surface area contributed by atoms with Gasteiger partial charge in [-0.1, -0.05) is 6.58 Å². The van der Waals surface area contributed by atoms with Gasteiger partial charge in [-0.3, -0.25) is 4.57 Å². The Morgan fingerprint density at radius 2 is 2.30 bits per heavy atom. The predicted molar refractivity (Wildman–Crippen MR) is 36.9 cm³/mol. The number of esters is 1. The molecule has 0 atom stereocenters. The molecule has 0 aliphatic rings. The average molecular weight is 164 g/mol. The minimum Gasteiger partial charge on any atom is -0.466 e. The van der Waals surface area contributed by atoms with Gasteiger partial charge in [-0.25, -0.2) is 4.79 Å². The van der Waals surface area contributed by atoms with Gasteiger partial charge in [0.1, 0.15) is 6.35 Å². The van der Waals surface area contributed by atoms with Gasteiger partial charge < -0.3 is 9.84 Å². The van der Waals surface area contributed by atoms with Crippen molar-refractivity contribution in [2.24, 2.45) is 0 Å². The zero-order chi connectivity index (χ0) is 8.41. The van der Waals surface area contributed by atoms with Gasteiger partial charge in [-0.15, -0.1) is 0 Å². The lowest BCUT2D eigenvalue weighted by molar-refractivity contribution is -0.134. The second-order valence-electron chi connectivity index (χ2n) is 0.998. The average Bonchev–Trinajstić information content (AvgIpc) is 2.03. The number of methoxy groups -OCH3 is 1. The molecular weight excluding hydrogens is 155 g/mol. The zero-order valence-electron chi connectivity index (χ0n) is 5.61. The SMILES string of the molecule is C=CC(=O)OC.O=PCO. The number of carbonyl (C=O) groups is 1. The summed E-state index contributed by atoms with van der Waals surface area (Å²) in [6.45, 7) is 3.16. The van der Waals surface area contributed by atoms with Gasteiger partial charge in [0, 0.05) is 6.08 Å². The van der Waals surface area contributed by atoms with Crippen LogP contribution in [0.25, 0.3) is 0 Å². The van der Waals surface area contributed by atoms with Gasteiger partial charge >= 0.3 is 5.97 Å². The van der Waals surface area contributed by atoms with Crippen molar-refractivity contribution in [3.63, 3.8) is 0 Å². The molecule has 58 valence electrons. The maximum absolute atomic E-state index is 9.84. The molecule has 0 bridgehead atoms. The third kappa shape index (κ3) is 15.7. The Bertz CT molecular complexity index is 112. The van der Waals surface area contributed by atoms with Crippen molar-refractivity contribution in [1.29, 1.82) is 0 Å². The maximum atomic E-state index is 9.84. The van der Waals surface area contributed by atoms with E-state index in [1.807, 2.05) is 0 Å². The van der Waals surface area contributed by atoms with E-state index >= 15 is 0 Å². The number of rotatable bonds is 2. The topological polar surface area (TPSA) is 63.6 Å². The monoisotopic (exact) mass is 164 g/mol. The molecule has 0 heterocycles. The largest absolute Gasteiger partial charge is 0.466 e. The minimum atomic E-state index is -0.394. The first-order valence-electron chi connectivity index (χ1n) is 2.33. The number of ether oxygens (including phenoxy) is 1. The van der Waals surface area contributed by atoms with Crippen LogP contribution in [0.1, 0.15) is 0 Å². The molecule has 0 aromatic rings. The number of aliphatic hydroxyl groups is 1. The molecule has 0 amide bonds. The van der Waals surface area contributed by atoms with Crippen LogP contribution in [-0.2, 0) is 14.1 Å². The van der Waals surface area contributed by atoms with E-state index in [2.05, 4.69) is 11.3 Å². The fraction of sp³-hybridized carbons (Fsp3) is 0.400. The molecule has 10 heavy (non-hydrogen) atoms. The summed E-state index contributed by atoms with van der Waals surface area (Å²) in [7, 11) is 1.11. The van der Waals surface area contributed by atoms with Crippen LogP contribution in [-0.4, -0.2) is 24.5 Å². The highest BCUT2D eigenvalue weighted by Crippen LogP contribution is 1.79. The molecule has 4 nitrogen and oxygen atoms in total. The molecule has 0 saturated carbocycles. The highest BCUT2D eigenvalue weighted by molar-refractivity contribution is 7.23. The van der Waals surface area contributed by atoms with Crippen molar-refractivity contribution < 1.29 is 19.2 Å². The van der Waals surface area contributed by atoms with Gasteiger partial charge in [0.05, 0.1) is 7.11 Å². The number of hydrogen-bond acceptors (Lipinski definition) is 4. The Kier molecular flexibility index (Phi) is 13.3. The number of hydrogen-bond donors (Lipinski definition) is 1. The van der Waals surface area contributed by atoms with Gasteiger partial charge in [0.25, 0.3) is 0 Å². The summed E-state index contributed by atoms with van der Waals surface area (Å²) in [5.74, 6) is -0.394. The Balaban J connectivity index is 0. The maximum Gasteiger partial charge on any atom is 0.329 e. The van der Waals surface area contributed by atoms with E-state index in [-0.39, 0.29) is 14.8 Å². The molecule has 0 rings (SSSR count). The molecule has 0 saturated heterocycles. The van der Waals surface area contributed by atoms with E-state index in [0.717, 1.165) is 6.08 Å². The molecule has 0 unspecified atom stereocenters. The molecule has 0 aliphatic carbocycles. The van der Waals surface area contributed by atoms with Crippen LogP contribution < -0.4 is 0 Å². The molecule has 0 radical (unpaired) electrons. The lowest BCUT2D eigenvalue weighted by Crippen LogP contribution is -1.91. The molecule has 0 aromatic carbocycles. The molecule has 1 N–H and O–H groups in total.